The number of rotatable bonds is 7. The van der Waals surface area contributed by atoms with Crippen molar-refractivity contribution in [3.63, 3.8) is 0 Å². The van der Waals surface area contributed by atoms with E-state index in [-0.39, 0.29) is 12.1 Å². The third-order valence-electron chi connectivity index (χ3n) is 6.07. The van der Waals surface area contributed by atoms with Crippen LogP contribution in [0.5, 0.6) is 0 Å². The number of unbranched alkanes of at least 4 members (excludes halogenated alkanes) is 1. The molecule has 2 atom stereocenters. The Balaban J connectivity index is 1.74. The Morgan fingerprint density at radius 2 is 1.83 bits per heavy atom. The summed E-state index contributed by atoms with van der Waals surface area (Å²) in [5.74, 6) is 0. The maximum atomic E-state index is 5.78. The van der Waals surface area contributed by atoms with E-state index in [1.54, 1.807) is 0 Å². The van der Waals surface area contributed by atoms with Crippen molar-refractivity contribution in [3.05, 3.63) is 89.0 Å². The first kappa shape index (κ1) is 20.6. The Morgan fingerprint density at radius 3 is 2.53 bits per heavy atom. The van der Waals surface area contributed by atoms with Gasteiger partial charge < -0.3 is 14.8 Å². The molecule has 1 aliphatic heterocycles. The van der Waals surface area contributed by atoms with Crippen LogP contribution in [-0.4, -0.2) is 26.1 Å². The average molecular weight is 419 g/mol. The molecule has 4 nitrogen and oxygen atoms in total. The summed E-state index contributed by atoms with van der Waals surface area (Å²) in [6.07, 6.45) is 4.13. The van der Waals surface area contributed by atoms with Crippen LogP contribution in [0.2, 0.25) is 0 Å². The van der Waals surface area contributed by atoms with Gasteiger partial charge in [-0.05, 0) is 61.8 Å². The van der Waals surface area contributed by atoms with Gasteiger partial charge in [0.1, 0.15) is 0 Å². The van der Waals surface area contributed by atoms with Gasteiger partial charge in [-0.3, -0.25) is 4.98 Å². The highest BCUT2D eigenvalue weighted by molar-refractivity contribution is 7.80. The lowest BCUT2D eigenvalue weighted by Gasteiger charge is -2.28. The number of pyridine rings is 1. The molecule has 0 unspecified atom stereocenters. The summed E-state index contributed by atoms with van der Waals surface area (Å²) in [6, 6.07) is 19.3. The van der Waals surface area contributed by atoms with Crippen molar-refractivity contribution in [3.8, 4) is 0 Å². The predicted octanol–water partition coefficient (Wildman–Crippen LogP) is 5.32. The molecule has 1 aliphatic rings. The molecule has 3 aromatic rings. The third-order valence-corrected chi connectivity index (χ3v) is 6.42. The first-order chi connectivity index (χ1) is 14.6. The van der Waals surface area contributed by atoms with Crippen molar-refractivity contribution in [2.75, 3.05) is 6.54 Å². The first-order valence-electron chi connectivity index (χ1n) is 10.8. The first-order valence-corrected chi connectivity index (χ1v) is 11.2. The summed E-state index contributed by atoms with van der Waals surface area (Å²) in [7, 11) is 0. The van der Waals surface area contributed by atoms with E-state index < -0.39 is 0 Å². The summed E-state index contributed by atoms with van der Waals surface area (Å²) >= 11 is 5.78. The Bertz CT molecular complexity index is 997. The van der Waals surface area contributed by atoms with Crippen LogP contribution in [0.15, 0.2) is 60.8 Å². The van der Waals surface area contributed by atoms with Crippen molar-refractivity contribution in [1.29, 1.82) is 0 Å². The summed E-state index contributed by atoms with van der Waals surface area (Å²) < 4.78 is 2.42. The van der Waals surface area contributed by atoms with E-state index in [9.17, 15) is 0 Å². The minimum Gasteiger partial charge on any atom is -0.352 e. The largest absolute Gasteiger partial charge is 0.352 e. The molecule has 3 heterocycles. The molecule has 5 heteroatoms. The van der Waals surface area contributed by atoms with Gasteiger partial charge in [0.25, 0.3) is 0 Å². The zero-order valence-corrected chi connectivity index (χ0v) is 18.8. The molecule has 1 N–H and O–H groups in total. The highest BCUT2D eigenvalue weighted by Gasteiger charge is 2.40. The van der Waals surface area contributed by atoms with Crippen molar-refractivity contribution in [2.45, 2.75) is 52.2 Å². The molecule has 1 aromatic carbocycles. The van der Waals surface area contributed by atoms with E-state index in [1.165, 1.54) is 22.5 Å². The number of thiocarbonyl (C=S) groups is 1. The highest BCUT2D eigenvalue weighted by Crippen LogP contribution is 2.41. The van der Waals surface area contributed by atoms with Gasteiger partial charge in [0.05, 0.1) is 17.8 Å². The normalized spacial score (nSPS) is 18.6. The monoisotopic (exact) mass is 418 g/mol. The average Bonchev–Trinajstić information content (AvgIpc) is 3.24. The van der Waals surface area contributed by atoms with Crippen molar-refractivity contribution < 1.29 is 0 Å². The Morgan fingerprint density at radius 1 is 1.07 bits per heavy atom. The molecule has 4 rings (SSSR count). The molecule has 1 saturated heterocycles. The molecule has 156 valence electrons. The van der Waals surface area contributed by atoms with Gasteiger partial charge in [0.2, 0.25) is 0 Å². The molecule has 0 amide bonds. The summed E-state index contributed by atoms with van der Waals surface area (Å²) in [6.45, 7) is 8.50. The van der Waals surface area contributed by atoms with Gasteiger partial charge in [-0.1, -0.05) is 49.7 Å². The van der Waals surface area contributed by atoms with Crippen LogP contribution in [0.3, 0.4) is 0 Å². The number of aryl methyl sites for hydroxylation is 1. The van der Waals surface area contributed by atoms with Gasteiger partial charge in [0, 0.05) is 30.7 Å². The van der Waals surface area contributed by atoms with Crippen LogP contribution in [0.4, 0.5) is 0 Å². The molecule has 0 spiro atoms. The van der Waals surface area contributed by atoms with Crippen LogP contribution in [-0.2, 0) is 6.54 Å². The smallest absolute Gasteiger partial charge is 0.170 e. The van der Waals surface area contributed by atoms with E-state index in [0.29, 0.717) is 0 Å². The number of nitrogens with zero attached hydrogens (tertiary/aromatic N) is 3. The SMILES string of the molecule is CCCCN1C(=S)N[C@@H](c2ccccn2)[C@@H]1c1cc(C)n(Cc2ccccc2)c1C. The minimum absolute atomic E-state index is 0.0567. The maximum absolute atomic E-state index is 5.78. The van der Waals surface area contributed by atoms with Crippen LogP contribution < -0.4 is 5.32 Å². The topological polar surface area (TPSA) is 33.1 Å². The van der Waals surface area contributed by atoms with E-state index in [4.69, 9.17) is 12.2 Å². The molecule has 0 saturated carbocycles. The molecule has 0 bridgehead atoms. The van der Waals surface area contributed by atoms with Gasteiger partial charge in [-0.2, -0.15) is 0 Å². The number of nitrogens with one attached hydrogen (secondary N) is 1. The number of aromatic nitrogens is 2. The Labute approximate surface area is 184 Å². The number of hydrogen-bond donors (Lipinski definition) is 1. The van der Waals surface area contributed by atoms with Gasteiger partial charge in [0.15, 0.2) is 5.11 Å². The van der Waals surface area contributed by atoms with Gasteiger partial charge in [-0.15, -0.1) is 0 Å². The van der Waals surface area contributed by atoms with E-state index >= 15 is 0 Å². The molecule has 0 aliphatic carbocycles. The maximum Gasteiger partial charge on any atom is 0.170 e. The second kappa shape index (κ2) is 9.00. The second-order valence-electron chi connectivity index (χ2n) is 8.07. The van der Waals surface area contributed by atoms with Gasteiger partial charge >= 0.3 is 0 Å². The molecule has 30 heavy (non-hydrogen) atoms. The van der Waals surface area contributed by atoms with Crippen LogP contribution in [0, 0.1) is 13.8 Å². The van der Waals surface area contributed by atoms with Crippen molar-refractivity contribution in [1.82, 2.24) is 19.8 Å². The lowest BCUT2D eigenvalue weighted by atomic mass is 9.96. The Kier molecular flexibility index (Phi) is 6.18. The van der Waals surface area contributed by atoms with Crippen molar-refractivity contribution >= 4 is 17.3 Å². The molecule has 2 aromatic heterocycles. The zero-order chi connectivity index (χ0) is 21.1. The highest BCUT2D eigenvalue weighted by atomic mass is 32.1. The predicted molar refractivity (Wildman–Crippen MR) is 127 cm³/mol. The second-order valence-corrected chi connectivity index (χ2v) is 8.46. The van der Waals surface area contributed by atoms with Crippen LogP contribution >= 0.6 is 12.2 Å². The van der Waals surface area contributed by atoms with E-state index in [0.717, 1.165) is 36.7 Å². The minimum atomic E-state index is 0.0567. The molecular formula is C25H30N4S. The Hall–Kier alpha value is -2.66. The summed E-state index contributed by atoms with van der Waals surface area (Å²) in [5.41, 5.74) is 6.27. The molecule has 1 fully saturated rings. The summed E-state index contributed by atoms with van der Waals surface area (Å²) in [4.78, 5) is 7.02. The van der Waals surface area contributed by atoms with Gasteiger partial charge in [-0.25, -0.2) is 0 Å². The lowest BCUT2D eigenvalue weighted by Crippen LogP contribution is -2.30. The molecular weight excluding hydrogens is 388 g/mol. The van der Waals surface area contributed by atoms with Crippen molar-refractivity contribution in [2.24, 2.45) is 0 Å². The zero-order valence-electron chi connectivity index (χ0n) is 18.0. The number of hydrogen-bond acceptors (Lipinski definition) is 2. The van der Waals surface area contributed by atoms with E-state index in [2.05, 4.69) is 89.1 Å². The standard InChI is InChI=1S/C25H30N4S/c1-4-5-15-28-24(23(27-25(28)30)22-13-9-10-14-26-22)21-16-18(2)29(19(21)3)17-20-11-7-6-8-12-20/h6-14,16,23-24H,4-5,15,17H2,1-3H3,(H,27,30)/t23-,24-/m0/s1. The quantitative estimate of drug-likeness (QED) is 0.527. The van der Waals surface area contributed by atoms with E-state index in [1.807, 2.05) is 12.3 Å². The number of benzene rings is 1. The fourth-order valence-electron chi connectivity index (χ4n) is 4.45. The fraction of sp³-hybridized carbons (Fsp3) is 0.360. The van der Waals surface area contributed by atoms with Crippen LogP contribution in [0.1, 0.15) is 60.1 Å². The third kappa shape index (κ3) is 3.99. The van der Waals surface area contributed by atoms with Crippen LogP contribution in [0.25, 0.3) is 0 Å². The lowest BCUT2D eigenvalue weighted by molar-refractivity contribution is 0.311. The fourth-order valence-corrected chi connectivity index (χ4v) is 4.78. The summed E-state index contributed by atoms with van der Waals surface area (Å²) in [5, 5.41) is 4.40. The molecule has 0 radical (unpaired) electrons.